The van der Waals surface area contributed by atoms with Gasteiger partial charge in [0.1, 0.15) is 0 Å². The fraction of sp³-hybridized carbons (Fsp3) is 0.455. The topological polar surface area (TPSA) is 66.4 Å². The largest absolute Gasteiger partial charge is 0.393 e. The van der Waals surface area contributed by atoms with E-state index in [0.717, 1.165) is 4.47 Å². The first-order chi connectivity index (χ1) is 8.38. The summed E-state index contributed by atoms with van der Waals surface area (Å²) < 4.78 is 28.1. The molecule has 1 fully saturated rings. The fourth-order valence-electron chi connectivity index (χ4n) is 1.87. The zero-order valence-corrected chi connectivity index (χ0v) is 13.4. The highest BCUT2D eigenvalue weighted by Crippen LogP contribution is 2.28. The first-order valence-corrected chi connectivity index (χ1v) is 8.58. The van der Waals surface area contributed by atoms with Crippen LogP contribution in [-0.2, 0) is 10.0 Å². The van der Waals surface area contributed by atoms with Crippen molar-refractivity contribution in [1.29, 1.82) is 0 Å². The predicted molar refractivity (Wildman–Crippen MR) is 75.8 cm³/mol. The van der Waals surface area contributed by atoms with Crippen molar-refractivity contribution in [2.45, 2.75) is 23.8 Å². The molecule has 4 nitrogen and oxygen atoms in total. The average Bonchev–Trinajstić information content (AvgIpc) is 2.22. The minimum atomic E-state index is -3.50. The Hall–Kier alpha value is 0.0500. The minimum Gasteiger partial charge on any atom is -0.393 e. The second-order valence-electron chi connectivity index (χ2n) is 4.42. The van der Waals surface area contributed by atoms with E-state index in [1.165, 1.54) is 0 Å². The molecule has 0 amide bonds. The maximum absolute atomic E-state index is 12.1. The van der Waals surface area contributed by atoms with Crippen LogP contribution in [0.4, 0.5) is 0 Å². The van der Waals surface area contributed by atoms with E-state index in [9.17, 15) is 8.42 Å². The van der Waals surface area contributed by atoms with Crippen molar-refractivity contribution < 1.29 is 13.5 Å². The van der Waals surface area contributed by atoms with Crippen LogP contribution in [-0.4, -0.2) is 26.2 Å². The zero-order valence-electron chi connectivity index (χ0n) is 9.44. The molecule has 0 bridgehead atoms. The van der Waals surface area contributed by atoms with Gasteiger partial charge in [0.05, 0.1) is 11.0 Å². The predicted octanol–water partition coefficient (Wildman–Crippen LogP) is 2.26. The van der Waals surface area contributed by atoms with E-state index in [-0.39, 0.29) is 16.9 Å². The van der Waals surface area contributed by atoms with E-state index in [1.54, 1.807) is 18.2 Å². The van der Waals surface area contributed by atoms with Crippen LogP contribution < -0.4 is 4.72 Å². The maximum atomic E-state index is 12.1. The van der Waals surface area contributed by atoms with Crippen molar-refractivity contribution >= 4 is 41.9 Å². The van der Waals surface area contributed by atoms with Crippen LogP contribution in [0.1, 0.15) is 12.8 Å². The highest BCUT2D eigenvalue weighted by Gasteiger charge is 2.28. The molecule has 1 saturated carbocycles. The van der Waals surface area contributed by atoms with Gasteiger partial charge in [-0.25, -0.2) is 13.1 Å². The number of hydrogen-bond acceptors (Lipinski definition) is 3. The van der Waals surface area contributed by atoms with Gasteiger partial charge in [-0.2, -0.15) is 0 Å². The van der Waals surface area contributed by atoms with E-state index in [2.05, 4.69) is 36.6 Å². The molecule has 1 aromatic rings. The number of aliphatic hydroxyl groups is 1. The van der Waals surface area contributed by atoms with Crippen LogP contribution >= 0.6 is 31.9 Å². The molecule has 0 atom stereocenters. The SMILES string of the molecule is O=S(=O)(NCC1CC(O)C1)c1ccc(Br)cc1Br. The Bertz CT molecular complexity index is 541. The summed E-state index contributed by atoms with van der Waals surface area (Å²) in [6.45, 7) is 0.377. The third-order valence-corrected chi connectivity index (χ3v) is 5.85. The van der Waals surface area contributed by atoms with Gasteiger partial charge in [0.2, 0.25) is 10.0 Å². The zero-order chi connectivity index (χ0) is 13.3. The Kier molecular flexibility index (Phi) is 4.48. The molecule has 0 heterocycles. The van der Waals surface area contributed by atoms with Crippen molar-refractivity contribution in [1.82, 2.24) is 4.72 Å². The van der Waals surface area contributed by atoms with Crippen molar-refractivity contribution in [3.05, 3.63) is 27.1 Å². The van der Waals surface area contributed by atoms with Gasteiger partial charge >= 0.3 is 0 Å². The lowest BCUT2D eigenvalue weighted by molar-refractivity contribution is 0.0453. The summed E-state index contributed by atoms with van der Waals surface area (Å²) in [5, 5.41) is 9.15. The second-order valence-corrected chi connectivity index (χ2v) is 7.92. The number of benzene rings is 1. The van der Waals surface area contributed by atoms with Crippen LogP contribution in [0, 0.1) is 5.92 Å². The molecular weight excluding hydrogens is 386 g/mol. The Morgan fingerprint density at radius 2 is 2.00 bits per heavy atom. The first-order valence-electron chi connectivity index (χ1n) is 5.51. The van der Waals surface area contributed by atoms with Crippen LogP contribution in [0.25, 0.3) is 0 Å². The lowest BCUT2D eigenvalue weighted by Crippen LogP contribution is -2.38. The Morgan fingerprint density at radius 1 is 1.33 bits per heavy atom. The molecule has 0 aliphatic heterocycles. The van der Waals surface area contributed by atoms with Gasteiger partial charge in [-0.15, -0.1) is 0 Å². The molecule has 18 heavy (non-hydrogen) atoms. The fourth-order valence-corrected chi connectivity index (χ4v) is 4.73. The smallest absolute Gasteiger partial charge is 0.241 e. The van der Waals surface area contributed by atoms with Gasteiger partial charge in [0, 0.05) is 15.5 Å². The van der Waals surface area contributed by atoms with E-state index in [0.29, 0.717) is 23.9 Å². The van der Waals surface area contributed by atoms with Gasteiger partial charge in [0.25, 0.3) is 0 Å². The van der Waals surface area contributed by atoms with Crippen molar-refractivity contribution in [3.8, 4) is 0 Å². The maximum Gasteiger partial charge on any atom is 0.241 e. The van der Waals surface area contributed by atoms with E-state index >= 15 is 0 Å². The molecule has 1 aliphatic carbocycles. The van der Waals surface area contributed by atoms with Crippen LogP contribution in [0.3, 0.4) is 0 Å². The van der Waals surface area contributed by atoms with Crippen molar-refractivity contribution in [3.63, 3.8) is 0 Å². The molecule has 0 spiro atoms. The third kappa shape index (κ3) is 3.33. The summed E-state index contributed by atoms with van der Waals surface area (Å²) in [4.78, 5) is 0.227. The molecule has 0 radical (unpaired) electrons. The molecule has 2 N–H and O–H groups in total. The average molecular weight is 399 g/mol. The highest BCUT2D eigenvalue weighted by molar-refractivity contribution is 9.11. The van der Waals surface area contributed by atoms with Gasteiger partial charge in [0.15, 0.2) is 0 Å². The molecule has 1 aromatic carbocycles. The summed E-state index contributed by atoms with van der Waals surface area (Å²) in [5.74, 6) is 0.240. The second kappa shape index (κ2) is 5.58. The number of sulfonamides is 1. The van der Waals surface area contributed by atoms with Crippen LogP contribution in [0.15, 0.2) is 32.0 Å². The first kappa shape index (κ1) is 14.5. The van der Waals surface area contributed by atoms with Crippen LogP contribution in [0.5, 0.6) is 0 Å². The summed E-state index contributed by atoms with van der Waals surface area (Å²) in [6, 6.07) is 4.93. The van der Waals surface area contributed by atoms with Crippen molar-refractivity contribution in [2.24, 2.45) is 5.92 Å². The summed E-state index contributed by atoms with van der Waals surface area (Å²) >= 11 is 6.52. The molecular formula is C11H13Br2NO3S. The normalized spacial score (nSPS) is 23.7. The molecule has 0 unspecified atom stereocenters. The summed E-state index contributed by atoms with van der Waals surface area (Å²) in [7, 11) is -3.50. The van der Waals surface area contributed by atoms with Gasteiger partial charge < -0.3 is 5.11 Å². The molecule has 2 rings (SSSR count). The Morgan fingerprint density at radius 3 is 2.56 bits per heavy atom. The standard InChI is InChI=1S/C11H13Br2NO3S/c12-8-1-2-11(10(13)5-8)18(16,17)14-6-7-3-9(15)4-7/h1-2,5,7,9,14-15H,3-4,6H2. The van der Waals surface area contributed by atoms with E-state index in [1.807, 2.05) is 0 Å². The molecule has 7 heteroatoms. The Labute approximate surface area is 123 Å². The lowest BCUT2D eigenvalue weighted by Gasteiger charge is -2.31. The van der Waals surface area contributed by atoms with E-state index in [4.69, 9.17) is 5.11 Å². The number of hydrogen-bond donors (Lipinski definition) is 2. The van der Waals surface area contributed by atoms with Crippen LogP contribution in [0.2, 0.25) is 0 Å². The third-order valence-electron chi connectivity index (χ3n) is 2.96. The molecule has 1 aliphatic rings. The lowest BCUT2D eigenvalue weighted by atomic mass is 9.83. The number of nitrogens with one attached hydrogen (secondary N) is 1. The number of halogens is 2. The van der Waals surface area contributed by atoms with Gasteiger partial charge in [-0.05, 0) is 52.9 Å². The number of aliphatic hydroxyl groups excluding tert-OH is 1. The summed E-state index contributed by atoms with van der Waals surface area (Å²) in [5.41, 5.74) is 0. The van der Waals surface area contributed by atoms with Crippen molar-refractivity contribution in [2.75, 3.05) is 6.54 Å². The van der Waals surface area contributed by atoms with E-state index < -0.39 is 10.0 Å². The number of rotatable bonds is 4. The Balaban J connectivity index is 2.06. The van der Waals surface area contributed by atoms with Gasteiger partial charge in [-0.1, -0.05) is 15.9 Å². The monoisotopic (exact) mass is 397 g/mol. The summed E-state index contributed by atoms with van der Waals surface area (Å²) in [6.07, 6.45) is 1.08. The molecule has 0 saturated heterocycles. The van der Waals surface area contributed by atoms with Gasteiger partial charge in [-0.3, -0.25) is 0 Å². The molecule has 0 aromatic heterocycles. The molecule has 100 valence electrons. The quantitative estimate of drug-likeness (QED) is 0.817. The minimum absolute atomic E-state index is 0.227. The highest BCUT2D eigenvalue weighted by atomic mass is 79.9.